The fourth-order valence-corrected chi connectivity index (χ4v) is 2.34. The summed E-state index contributed by atoms with van der Waals surface area (Å²) in [6.07, 6.45) is 3.17. The molecule has 0 aromatic carbocycles. The number of nitrogens with zero attached hydrogens (tertiary/aromatic N) is 1. The molecule has 0 radical (unpaired) electrons. The molecule has 3 nitrogen and oxygen atoms in total. The molecule has 1 heterocycles. The van der Waals surface area contributed by atoms with Crippen LogP contribution in [0.15, 0.2) is 11.6 Å². The molecule has 82 valence electrons. The summed E-state index contributed by atoms with van der Waals surface area (Å²) in [7, 11) is 0. The van der Waals surface area contributed by atoms with Crippen molar-refractivity contribution in [1.29, 1.82) is 0 Å². The van der Waals surface area contributed by atoms with Gasteiger partial charge in [-0.3, -0.25) is 0 Å². The van der Waals surface area contributed by atoms with Gasteiger partial charge in [-0.25, -0.2) is 0 Å². The summed E-state index contributed by atoms with van der Waals surface area (Å²) in [6, 6.07) is 0. The minimum Gasteiger partial charge on any atom is -0.394 e. The van der Waals surface area contributed by atoms with Crippen molar-refractivity contribution >= 4 is 11.8 Å². The van der Waals surface area contributed by atoms with Gasteiger partial charge in [-0.1, -0.05) is 6.58 Å². The molecule has 2 N–H and O–H groups in total. The van der Waals surface area contributed by atoms with Gasteiger partial charge in [0, 0.05) is 18.8 Å². The smallest absolute Gasteiger partial charge is 0.0865 e. The number of aliphatic hydroxyl groups is 2. The van der Waals surface area contributed by atoms with E-state index >= 15 is 0 Å². The van der Waals surface area contributed by atoms with Crippen molar-refractivity contribution in [2.75, 3.05) is 25.4 Å². The molecule has 0 aliphatic carbocycles. The van der Waals surface area contributed by atoms with Crippen LogP contribution in [0.5, 0.6) is 0 Å². The predicted molar refractivity (Wildman–Crippen MR) is 60.1 cm³/mol. The van der Waals surface area contributed by atoms with Gasteiger partial charge >= 0.3 is 0 Å². The third-order valence-electron chi connectivity index (χ3n) is 2.36. The lowest BCUT2D eigenvalue weighted by Gasteiger charge is -2.30. The number of hydrogen-bond acceptors (Lipinski definition) is 4. The van der Waals surface area contributed by atoms with E-state index in [4.69, 9.17) is 5.11 Å². The SMILES string of the molecule is C=C(SCC(O)CO)N1CCCCC1. The van der Waals surface area contributed by atoms with Crippen LogP contribution in [0.1, 0.15) is 19.3 Å². The maximum absolute atomic E-state index is 9.17. The third-order valence-corrected chi connectivity index (χ3v) is 3.50. The zero-order valence-corrected chi connectivity index (χ0v) is 9.30. The van der Waals surface area contributed by atoms with Crippen molar-refractivity contribution in [1.82, 2.24) is 4.90 Å². The summed E-state index contributed by atoms with van der Waals surface area (Å²) < 4.78 is 0. The van der Waals surface area contributed by atoms with Crippen LogP contribution in [0.4, 0.5) is 0 Å². The molecule has 0 aromatic heterocycles. The van der Waals surface area contributed by atoms with Crippen LogP contribution in [0.2, 0.25) is 0 Å². The number of piperidine rings is 1. The summed E-state index contributed by atoms with van der Waals surface area (Å²) >= 11 is 1.54. The van der Waals surface area contributed by atoms with Gasteiger partial charge in [0.05, 0.1) is 17.7 Å². The molecule has 14 heavy (non-hydrogen) atoms. The van der Waals surface area contributed by atoms with Crippen LogP contribution in [0.3, 0.4) is 0 Å². The lowest BCUT2D eigenvalue weighted by molar-refractivity contribution is 0.113. The second-order valence-corrected chi connectivity index (χ2v) is 4.68. The second kappa shape index (κ2) is 6.32. The van der Waals surface area contributed by atoms with Gasteiger partial charge in [0.2, 0.25) is 0 Å². The normalized spacial score (nSPS) is 19.4. The molecule has 0 aromatic rings. The molecule has 0 bridgehead atoms. The van der Waals surface area contributed by atoms with Gasteiger partial charge in [0.15, 0.2) is 0 Å². The Kier molecular flexibility index (Phi) is 5.37. The highest BCUT2D eigenvalue weighted by Crippen LogP contribution is 2.22. The molecule has 1 fully saturated rings. The largest absolute Gasteiger partial charge is 0.394 e. The van der Waals surface area contributed by atoms with E-state index < -0.39 is 6.10 Å². The summed E-state index contributed by atoms with van der Waals surface area (Å²) in [6.45, 7) is 5.98. The average Bonchev–Trinajstić information content (AvgIpc) is 2.26. The zero-order chi connectivity index (χ0) is 10.4. The van der Waals surface area contributed by atoms with Gasteiger partial charge in [0.25, 0.3) is 0 Å². The van der Waals surface area contributed by atoms with Crippen molar-refractivity contribution in [3.63, 3.8) is 0 Å². The van der Waals surface area contributed by atoms with E-state index in [0.29, 0.717) is 5.75 Å². The van der Waals surface area contributed by atoms with E-state index in [0.717, 1.165) is 18.1 Å². The summed E-state index contributed by atoms with van der Waals surface area (Å²) in [4.78, 5) is 2.26. The quantitative estimate of drug-likeness (QED) is 0.722. The van der Waals surface area contributed by atoms with Crippen LogP contribution < -0.4 is 0 Å². The molecule has 1 atom stereocenters. The standard InChI is InChI=1S/C10H19NO2S/c1-9(14-8-10(13)7-12)11-5-3-2-4-6-11/h10,12-13H,1-8H2. The number of aliphatic hydroxyl groups excluding tert-OH is 2. The minimum atomic E-state index is -0.624. The highest BCUT2D eigenvalue weighted by Gasteiger charge is 2.13. The van der Waals surface area contributed by atoms with Crippen molar-refractivity contribution in [2.45, 2.75) is 25.4 Å². The fourth-order valence-electron chi connectivity index (χ4n) is 1.48. The molecule has 1 rings (SSSR count). The summed E-state index contributed by atoms with van der Waals surface area (Å²) in [5.41, 5.74) is 0. The predicted octanol–water partition coefficient (Wildman–Crippen LogP) is 1.03. The van der Waals surface area contributed by atoms with E-state index in [1.807, 2.05) is 0 Å². The Labute approximate surface area is 89.8 Å². The van der Waals surface area contributed by atoms with Crippen LogP contribution in [0.25, 0.3) is 0 Å². The third kappa shape index (κ3) is 3.90. The molecule has 4 heteroatoms. The van der Waals surface area contributed by atoms with E-state index in [-0.39, 0.29) is 6.61 Å². The topological polar surface area (TPSA) is 43.7 Å². The molecule has 1 unspecified atom stereocenters. The summed E-state index contributed by atoms with van der Waals surface area (Å²) in [5, 5.41) is 18.9. The zero-order valence-electron chi connectivity index (χ0n) is 8.48. The average molecular weight is 217 g/mol. The maximum Gasteiger partial charge on any atom is 0.0865 e. The number of hydrogen-bond donors (Lipinski definition) is 2. The Morgan fingerprint density at radius 3 is 2.57 bits per heavy atom. The van der Waals surface area contributed by atoms with E-state index in [9.17, 15) is 5.11 Å². The molecule has 1 aliphatic rings. The van der Waals surface area contributed by atoms with Gasteiger partial charge in [0.1, 0.15) is 0 Å². The first kappa shape index (κ1) is 11.9. The first-order chi connectivity index (χ1) is 6.74. The summed E-state index contributed by atoms with van der Waals surface area (Å²) in [5.74, 6) is 0.534. The first-order valence-corrected chi connectivity index (χ1v) is 6.08. The number of likely N-dealkylation sites (tertiary alicyclic amines) is 1. The minimum absolute atomic E-state index is 0.166. The number of thioether (sulfide) groups is 1. The van der Waals surface area contributed by atoms with Crippen molar-refractivity contribution in [3.05, 3.63) is 11.6 Å². The molecule has 0 spiro atoms. The Bertz CT molecular complexity index is 181. The molecular weight excluding hydrogens is 198 g/mol. The van der Waals surface area contributed by atoms with Crippen molar-refractivity contribution in [3.8, 4) is 0 Å². The van der Waals surface area contributed by atoms with Crippen LogP contribution in [-0.4, -0.2) is 46.7 Å². The Morgan fingerprint density at radius 2 is 2.00 bits per heavy atom. The molecule has 1 saturated heterocycles. The van der Waals surface area contributed by atoms with Gasteiger partial charge in [-0.2, -0.15) is 0 Å². The molecular formula is C10H19NO2S. The lowest BCUT2D eigenvalue weighted by atomic mass is 10.1. The Balaban J connectivity index is 2.19. The van der Waals surface area contributed by atoms with E-state index in [1.165, 1.54) is 31.0 Å². The first-order valence-electron chi connectivity index (χ1n) is 5.09. The molecule has 0 amide bonds. The molecule has 0 saturated carbocycles. The van der Waals surface area contributed by atoms with Crippen LogP contribution >= 0.6 is 11.8 Å². The van der Waals surface area contributed by atoms with Gasteiger partial charge in [-0.15, -0.1) is 11.8 Å². The maximum atomic E-state index is 9.17. The lowest BCUT2D eigenvalue weighted by Crippen LogP contribution is -2.28. The highest BCUT2D eigenvalue weighted by molar-refractivity contribution is 8.03. The fraction of sp³-hybridized carbons (Fsp3) is 0.800. The van der Waals surface area contributed by atoms with Gasteiger partial charge in [-0.05, 0) is 19.3 Å². The highest BCUT2D eigenvalue weighted by atomic mass is 32.2. The Morgan fingerprint density at radius 1 is 1.36 bits per heavy atom. The van der Waals surface area contributed by atoms with Gasteiger partial charge < -0.3 is 15.1 Å². The Hall–Kier alpha value is -0.190. The van der Waals surface area contributed by atoms with Crippen LogP contribution in [0, 0.1) is 0 Å². The monoisotopic (exact) mass is 217 g/mol. The molecule has 1 aliphatic heterocycles. The second-order valence-electron chi connectivity index (χ2n) is 3.59. The van der Waals surface area contributed by atoms with Crippen molar-refractivity contribution < 1.29 is 10.2 Å². The number of rotatable bonds is 5. The van der Waals surface area contributed by atoms with E-state index in [1.54, 1.807) is 0 Å². The van der Waals surface area contributed by atoms with E-state index in [2.05, 4.69) is 11.5 Å². The van der Waals surface area contributed by atoms with Crippen LogP contribution in [-0.2, 0) is 0 Å². The van der Waals surface area contributed by atoms with Crippen molar-refractivity contribution in [2.24, 2.45) is 0 Å².